The summed E-state index contributed by atoms with van der Waals surface area (Å²) in [6, 6.07) is 6.56. The van der Waals surface area contributed by atoms with Crippen molar-refractivity contribution in [2.45, 2.75) is 53.0 Å². The highest BCUT2D eigenvalue weighted by Crippen LogP contribution is 2.10. The van der Waals surface area contributed by atoms with Gasteiger partial charge in [0.1, 0.15) is 6.29 Å². The largest absolute Gasteiger partial charge is 0.317 e. The van der Waals surface area contributed by atoms with Crippen molar-refractivity contribution in [2.75, 3.05) is 27.2 Å². The Morgan fingerprint density at radius 1 is 1.27 bits per heavy atom. The minimum atomic E-state index is 0.771. The number of piperidine rings is 1. The van der Waals surface area contributed by atoms with Crippen LogP contribution in [0.5, 0.6) is 0 Å². The van der Waals surface area contributed by atoms with Crippen LogP contribution < -0.4 is 5.32 Å². The number of nitrogens with zero attached hydrogens (tertiary/aromatic N) is 1. The Balaban J connectivity index is 0.000000366. The summed E-state index contributed by atoms with van der Waals surface area (Å²) in [6.45, 7) is 10.7. The first-order valence-electron chi connectivity index (χ1n) is 8.51. The smallest absolute Gasteiger partial charge is 0.150 e. The Kier molecular flexibility index (Phi) is 11.7. The Morgan fingerprint density at radius 2 is 1.86 bits per heavy atom. The van der Waals surface area contributed by atoms with Crippen LogP contribution in [-0.2, 0) is 6.42 Å². The lowest BCUT2D eigenvalue weighted by atomic mass is 10.0. The molecule has 1 aliphatic heterocycles. The summed E-state index contributed by atoms with van der Waals surface area (Å²) in [4.78, 5) is 12.8. The standard InChI is InChI=1S/C10H12O.C7H16N2.C2H6/c1-3-10-6-9(7-11)5-4-8(10)2;1-8-7-3-5-9(2)6-4-7;1-2/h4-7H,3H2,1-2H3;7-8H,3-6H2,1-2H3;1-2H3. The molecule has 1 N–H and O–H groups in total. The van der Waals surface area contributed by atoms with Gasteiger partial charge in [0.2, 0.25) is 0 Å². The van der Waals surface area contributed by atoms with Gasteiger partial charge in [-0.3, -0.25) is 4.79 Å². The molecule has 0 unspecified atom stereocenters. The summed E-state index contributed by atoms with van der Waals surface area (Å²) in [7, 11) is 4.24. The van der Waals surface area contributed by atoms with Crippen LogP contribution in [-0.4, -0.2) is 44.4 Å². The lowest BCUT2D eigenvalue weighted by Crippen LogP contribution is -2.39. The average molecular weight is 306 g/mol. The SMILES string of the molecule is CC.CCc1cc(C=O)ccc1C.CNC1CCN(C)CC1. The maximum absolute atomic E-state index is 10.4. The first-order chi connectivity index (χ1) is 10.6. The van der Waals surface area contributed by atoms with E-state index >= 15 is 0 Å². The molecule has 1 aliphatic rings. The number of hydrogen-bond donors (Lipinski definition) is 1. The second-order valence-corrected chi connectivity index (χ2v) is 5.52. The summed E-state index contributed by atoms with van der Waals surface area (Å²) < 4.78 is 0. The quantitative estimate of drug-likeness (QED) is 0.864. The third kappa shape index (κ3) is 7.71. The zero-order valence-corrected chi connectivity index (χ0v) is 15.3. The molecular weight excluding hydrogens is 272 g/mol. The molecule has 1 fully saturated rings. The highest BCUT2D eigenvalue weighted by molar-refractivity contribution is 5.75. The molecular formula is C19H34N2O. The third-order valence-corrected chi connectivity index (χ3v) is 4.02. The first kappa shape index (κ1) is 20.8. The minimum Gasteiger partial charge on any atom is -0.317 e. The maximum atomic E-state index is 10.4. The van der Waals surface area contributed by atoms with E-state index in [9.17, 15) is 4.79 Å². The number of carbonyl (C=O) groups excluding carboxylic acids is 1. The van der Waals surface area contributed by atoms with Gasteiger partial charge in [-0.05, 0) is 70.6 Å². The fraction of sp³-hybridized carbons (Fsp3) is 0.632. The van der Waals surface area contributed by atoms with Crippen LogP contribution in [0, 0.1) is 6.92 Å². The molecule has 1 aromatic rings. The lowest BCUT2D eigenvalue weighted by Gasteiger charge is -2.28. The van der Waals surface area contributed by atoms with Crippen molar-refractivity contribution < 1.29 is 4.79 Å². The van der Waals surface area contributed by atoms with Gasteiger partial charge in [0, 0.05) is 11.6 Å². The van der Waals surface area contributed by atoms with Crippen LogP contribution in [0.4, 0.5) is 0 Å². The molecule has 22 heavy (non-hydrogen) atoms. The van der Waals surface area contributed by atoms with Crippen LogP contribution in [0.25, 0.3) is 0 Å². The number of likely N-dealkylation sites (tertiary alicyclic amines) is 1. The van der Waals surface area contributed by atoms with E-state index in [-0.39, 0.29) is 0 Å². The summed E-state index contributed by atoms with van der Waals surface area (Å²) in [6.07, 6.45) is 4.51. The van der Waals surface area contributed by atoms with E-state index in [2.05, 4.69) is 38.2 Å². The van der Waals surface area contributed by atoms with Crippen LogP contribution in [0.3, 0.4) is 0 Å². The van der Waals surface area contributed by atoms with Crippen molar-refractivity contribution in [1.82, 2.24) is 10.2 Å². The highest BCUT2D eigenvalue weighted by Gasteiger charge is 2.13. The van der Waals surface area contributed by atoms with E-state index in [0.717, 1.165) is 24.3 Å². The zero-order chi connectivity index (χ0) is 17.0. The molecule has 0 aromatic heterocycles. The highest BCUT2D eigenvalue weighted by atomic mass is 16.1. The molecule has 0 atom stereocenters. The Labute approximate surface area is 137 Å². The molecule has 1 heterocycles. The van der Waals surface area contributed by atoms with Gasteiger partial charge in [-0.15, -0.1) is 0 Å². The number of nitrogens with one attached hydrogen (secondary N) is 1. The molecule has 126 valence electrons. The van der Waals surface area contributed by atoms with Crippen LogP contribution in [0.1, 0.15) is 55.1 Å². The second kappa shape index (κ2) is 12.4. The van der Waals surface area contributed by atoms with Crippen molar-refractivity contribution in [1.29, 1.82) is 0 Å². The van der Waals surface area contributed by atoms with E-state index < -0.39 is 0 Å². The predicted octanol–water partition coefficient (Wildman–Crippen LogP) is 3.70. The van der Waals surface area contributed by atoms with Gasteiger partial charge in [-0.1, -0.05) is 32.9 Å². The fourth-order valence-corrected chi connectivity index (χ4v) is 2.44. The van der Waals surface area contributed by atoms with E-state index in [1.54, 1.807) is 0 Å². The van der Waals surface area contributed by atoms with Gasteiger partial charge in [0.25, 0.3) is 0 Å². The monoisotopic (exact) mass is 306 g/mol. The molecule has 0 bridgehead atoms. The number of carbonyl (C=O) groups is 1. The van der Waals surface area contributed by atoms with Gasteiger partial charge in [-0.25, -0.2) is 0 Å². The lowest BCUT2D eigenvalue weighted by molar-refractivity contribution is 0.112. The van der Waals surface area contributed by atoms with E-state index in [1.165, 1.54) is 37.1 Å². The van der Waals surface area contributed by atoms with Crippen molar-refractivity contribution in [3.8, 4) is 0 Å². The van der Waals surface area contributed by atoms with Crippen molar-refractivity contribution in [2.24, 2.45) is 0 Å². The molecule has 0 saturated carbocycles. The molecule has 3 nitrogen and oxygen atoms in total. The van der Waals surface area contributed by atoms with Crippen LogP contribution in [0.2, 0.25) is 0 Å². The van der Waals surface area contributed by atoms with Crippen LogP contribution >= 0.6 is 0 Å². The Hall–Kier alpha value is -1.19. The third-order valence-electron chi connectivity index (χ3n) is 4.02. The summed E-state index contributed by atoms with van der Waals surface area (Å²) >= 11 is 0. The van der Waals surface area contributed by atoms with Crippen molar-refractivity contribution in [3.05, 3.63) is 34.9 Å². The molecule has 3 heteroatoms. The minimum absolute atomic E-state index is 0.771. The fourth-order valence-electron chi connectivity index (χ4n) is 2.44. The average Bonchev–Trinajstić information content (AvgIpc) is 2.58. The normalized spacial score (nSPS) is 15.2. The van der Waals surface area contributed by atoms with Gasteiger partial charge in [0.05, 0.1) is 0 Å². The van der Waals surface area contributed by atoms with E-state index in [4.69, 9.17) is 0 Å². The second-order valence-electron chi connectivity index (χ2n) is 5.52. The molecule has 0 radical (unpaired) electrons. The van der Waals surface area contributed by atoms with Gasteiger partial charge >= 0.3 is 0 Å². The van der Waals surface area contributed by atoms with Crippen LogP contribution in [0.15, 0.2) is 18.2 Å². The van der Waals surface area contributed by atoms with Gasteiger partial charge < -0.3 is 10.2 Å². The Morgan fingerprint density at radius 3 is 2.32 bits per heavy atom. The van der Waals surface area contributed by atoms with Crippen molar-refractivity contribution in [3.63, 3.8) is 0 Å². The summed E-state index contributed by atoms with van der Waals surface area (Å²) in [5.41, 5.74) is 3.29. The topological polar surface area (TPSA) is 32.3 Å². The summed E-state index contributed by atoms with van der Waals surface area (Å²) in [5.74, 6) is 0. The number of benzene rings is 1. The molecule has 1 aromatic carbocycles. The first-order valence-corrected chi connectivity index (χ1v) is 8.51. The van der Waals surface area contributed by atoms with E-state index in [0.29, 0.717) is 0 Å². The molecule has 0 aliphatic carbocycles. The predicted molar refractivity (Wildman–Crippen MR) is 96.9 cm³/mol. The van der Waals surface area contributed by atoms with E-state index in [1.807, 2.05) is 32.0 Å². The van der Waals surface area contributed by atoms with Gasteiger partial charge in [0.15, 0.2) is 0 Å². The molecule has 0 amide bonds. The summed E-state index contributed by atoms with van der Waals surface area (Å²) in [5, 5.41) is 3.30. The molecule has 2 rings (SSSR count). The van der Waals surface area contributed by atoms with Crippen molar-refractivity contribution >= 4 is 6.29 Å². The number of hydrogen-bond acceptors (Lipinski definition) is 3. The maximum Gasteiger partial charge on any atom is 0.150 e. The number of aryl methyl sites for hydroxylation is 2. The van der Waals surface area contributed by atoms with Gasteiger partial charge in [-0.2, -0.15) is 0 Å². The molecule has 1 saturated heterocycles. The number of aldehydes is 1. The number of rotatable bonds is 3. The zero-order valence-electron chi connectivity index (χ0n) is 15.3. The molecule has 0 spiro atoms. The Bertz CT molecular complexity index is 410.